The maximum Gasteiger partial charge on any atom is 0.222 e. The SMILES string of the molecule is N[C@H]1CCN(C(=O)CCCOc2ccc(F)cc2)C1. The highest BCUT2D eigenvalue weighted by atomic mass is 19.1. The Bertz CT molecular complexity index is 422. The van der Waals surface area contributed by atoms with Crippen molar-refractivity contribution in [3.63, 3.8) is 0 Å². The Balaban J connectivity index is 1.64. The number of hydrogen-bond donors (Lipinski definition) is 1. The monoisotopic (exact) mass is 266 g/mol. The van der Waals surface area contributed by atoms with Crippen molar-refractivity contribution in [1.29, 1.82) is 0 Å². The molecule has 4 nitrogen and oxygen atoms in total. The molecule has 1 aromatic carbocycles. The Kier molecular flexibility index (Phi) is 4.74. The molecule has 1 aromatic rings. The smallest absolute Gasteiger partial charge is 0.222 e. The summed E-state index contributed by atoms with van der Waals surface area (Å²) < 4.78 is 18.1. The maximum absolute atomic E-state index is 12.7. The van der Waals surface area contributed by atoms with Gasteiger partial charge < -0.3 is 15.4 Å². The van der Waals surface area contributed by atoms with Crippen LogP contribution in [0.3, 0.4) is 0 Å². The molecule has 1 atom stereocenters. The number of rotatable bonds is 5. The second kappa shape index (κ2) is 6.52. The molecule has 1 aliphatic rings. The van der Waals surface area contributed by atoms with E-state index in [0.717, 1.165) is 13.0 Å². The van der Waals surface area contributed by atoms with Gasteiger partial charge in [0, 0.05) is 25.6 Å². The topological polar surface area (TPSA) is 55.6 Å². The first-order valence-electron chi connectivity index (χ1n) is 6.57. The third-order valence-electron chi connectivity index (χ3n) is 3.19. The number of nitrogens with zero attached hydrogens (tertiary/aromatic N) is 1. The van der Waals surface area contributed by atoms with E-state index in [0.29, 0.717) is 31.7 Å². The lowest BCUT2D eigenvalue weighted by molar-refractivity contribution is -0.130. The van der Waals surface area contributed by atoms with E-state index < -0.39 is 0 Å². The van der Waals surface area contributed by atoms with Gasteiger partial charge in [0.2, 0.25) is 5.91 Å². The molecular formula is C14H19FN2O2. The minimum atomic E-state index is -0.284. The molecule has 1 saturated heterocycles. The van der Waals surface area contributed by atoms with Gasteiger partial charge in [-0.25, -0.2) is 4.39 Å². The lowest BCUT2D eigenvalue weighted by Crippen LogP contribution is -2.31. The molecule has 0 aliphatic carbocycles. The Morgan fingerprint density at radius 1 is 1.42 bits per heavy atom. The van der Waals surface area contributed by atoms with Crippen LogP contribution >= 0.6 is 0 Å². The zero-order valence-corrected chi connectivity index (χ0v) is 10.8. The summed E-state index contributed by atoms with van der Waals surface area (Å²) in [5, 5.41) is 0. The van der Waals surface area contributed by atoms with E-state index in [2.05, 4.69) is 0 Å². The molecule has 104 valence electrons. The molecule has 0 unspecified atom stereocenters. The van der Waals surface area contributed by atoms with Crippen molar-refractivity contribution in [1.82, 2.24) is 4.90 Å². The molecule has 19 heavy (non-hydrogen) atoms. The van der Waals surface area contributed by atoms with Gasteiger partial charge in [0.05, 0.1) is 6.61 Å². The number of ether oxygens (including phenoxy) is 1. The number of amides is 1. The summed E-state index contributed by atoms with van der Waals surface area (Å²) in [7, 11) is 0. The van der Waals surface area contributed by atoms with Crippen LogP contribution in [0.5, 0.6) is 5.75 Å². The Morgan fingerprint density at radius 3 is 2.79 bits per heavy atom. The van der Waals surface area contributed by atoms with Gasteiger partial charge in [-0.3, -0.25) is 4.79 Å². The van der Waals surface area contributed by atoms with E-state index in [1.165, 1.54) is 12.1 Å². The van der Waals surface area contributed by atoms with Crippen molar-refractivity contribution in [3.05, 3.63) is 30.1 Å². The van der Waals surface area contributed by atoms with Crippen LogP contribution in [-0.4, -0.2) is 36.5 Å². The normalized spacial score (nSPS) is 18.6. The average molecular weight is 266 g/mol. The highest BCUT2D eigenvalue weighted by Gasteiger charge is 2.22. The quantitative estimate of drug-likeness (QED) is 0.823. The number of halogens is 1. The molecule has 5 heteroatoms. The summed E-state index contributed by atoms with van der Waals surface area (Å²) in [6, 6.07) is 5.99. The Morgan fingerprint density at radius 2 is 2.16 bits per heavy atom. The zero-order chi connectivity index (χ0) is 13.7. The predicted octanol–water partition coefficient (Wildman–Crippen LogP) is 1.54. The predicted molar refractivity (Wildman–Crippen MR) is 70.3 cm³/mol. The van der Waals surface area contributed by atoms with Crippen molar-refractivity contribution < 1.29 is 13.9 Å². The number of hydrogen-bond acceptors (Lipinski definition) is 3. The molecule has 0 saturated carbocycles. The highest BCUT2D eigenvalue weighted by molar-refractivity contribution is 5.76. The third-order valence-corrected chi connectivity index (χ3v) is 3.19. The van der Waals surface area contributed by atoms with Crippen LogP contribution < -0.4 is 10.5 Å². The molecule has 1 heterocycles. The second-order valence-electron chi connectivity index (χ2n) is 4.79. The number of carbonyl (C=O) groups excluding carboxylic acids is 1. The molecule has 2 rings (SSSR count). The minimum absolute atomic E-state index is 0.124. The van der Waals surface area contributed by atoms with E-state index in [-0.39, 0.29) is 17.8 Å². The first kappa shape index (κ1) is 13.8. The van der Waals surface area contributed by atoms with Gasteiger partial charge in [0.25, 0.3) is 0 Å². The molecule has 0 radical (unpaired) electrons. The lowest BCUT2D eigenvalue weighted by atomic mass is 10.3. The van der Waals surface area contributed by atoms with E-state index in [1.54, 1.807) is 12.1 Å². The molecule has 2 N–H and O–H groups in total. The summed E-state index contributed by atoms with van der Waals surface area (Å²) in [6.07, 6.45) is 2.01. The number of carbonyl (C=O) groups is 1. The molecular weight excluding hydrogens is 247 g/mol. The van der Waals surface area contributed by atoms with Crippen LogP contribution in [0.15, 0.2) is 24.3 Å². The molecule has 0 aromatic heterocycles. The van der Waals surface area contributed by atoms with Crippen molar-refractivity contribution in [2.75, 3.05) is 19.7 Å². The second-order valence-corrected chi connectivity index (χ2v) is 4.79. The minimum Gasteiger partial charge on any atom is -0.494 e. The van der Waals surface area contributed by atoms with E-state index >= 15 is 0 Å². The molecule has 1 amide bonds. The average Bonchev–Trinajstić information content (AvgIpc) is 2.83. The molecule has 1 fully saturated rings. The van der Waals surface area contributed by atoms with Gasteiger partial charge in [0.15, 0.2) is 0 Å². The van der Waals surface area contributed by atoms with Gasteiger partial charge in [-0.1, -0.05) is 0 Å². The fraction of sp³-hybridized carbons (Fsp3) is 0.500. The van der Waals surface area contributed by atoms with Crippen LogP contribution in [-0.2, 0) is 4.79 Å². The van der Waals surface area contributed by atoms with Crippen LogP contribution in [0.2, 0.25) is 0 Å². The molecule has 0 bridgehead atoms. The van der Waals surface area contributed by atoms with Gasteiger partial charge in [-0.2, -0.15) is 0 Å². The fourth-order valence-electron chi connectivity index (χ4n) is 2.12. The summed E-state index contributed by atoms with van der Waals surface area (Å²) in [5.74, 6) is 0.473. The lowest BCUT2D eigenvalue weighted by Gasteiger charge is -2.15. The fourth-order valence-corrected chi connectivity index (χ4v) is 2.12. The highest BCUT2D eigenvalue weighted by Crippen LogP contribution is 2.13. The third kappa shape index (κ3) is 4.21. The first-order valence-corrected chi connectivity index (χ1v) is 6.57. The van der Waals surface area contributed by atoms with Crippen molar-refractivity contribution in [2.45, 2.75) is 25.3 Å². The van der Waals surface area contributed by atoms with E-state index in [1.807, 2.05) is 4.90 Å². The number of nitrogens with two attached hydrogens (primary N) is 1. The van der Waals surface area contributed by atoms with E-state index in [4.69, 9.17) is 10.5 Å². The van der Waals surface area contributed by atoms with Gasteiger partial charge >= 0.3 is 0 Å². The first-order chi connectivity index (χ1) is 9.15. The van der Waals surface area contributed by atoms with Crippen molar-refractivity contribution in [3.8, 4) is 5.75 Å². The Labute approximate surface area is 112 Å². The van der Waals surface area contributed by atoms with Crippen molar-refractivity contribution >= 4 is 5.91 Å². The largest absolute Gasteiger partial charge is 0.494 e. The van der Waals surface area contributed by atoms with Gasteiger partial charge in [-0.05, 0) is 37.1 Å². The summed E-state index contributed by atoms with van der Waals surface area (Å²) >= 11 is 0. The van der Waals surface area contributed by atoms with Gasteiger partial charge in [-0.15, -0.1) is 0 Å². The summed E-state index contributed by atoms with van der Waals surface area (Å²) in [4.78, 5) is 13.6. The van der Waals surface area contributed by atoms with Crippen LogP contribution in [0.25, 0.3) is 0 Å². The summed E-state index contributed by atoms with van der Waals surface area (Å²) in [5.41, 5.74) is 5.76. The molecule has 1 aliphatic heterocycles. The number of benzene rings is 1. The van der Waals surface area contributed by atoms with Crippen LogP contribution in [0.1, 0.15) is 19.3 Å². The summed E-state index contributed by atoms with van der Waals surface area (Å²) in [6.45, 7) is 1.88. The van der Waals surface area contributed by atoms with Crippen LogP contribution in [0, 0.1) is 5.82 Å². The molecule has 0 spiro atoms. The maximum atomic E-state index is 12.7. The zero-order valence-electron chi connectivity index (χ0n) is 10.8. The van der Waals surface area contributed by atoms with E-state index in [9.17, 15) is 9.18 Å². The van der Waals surface area contributed by atoms with Gasteiger partial charge in [0.1, 0.15) is 11.6 Å². The van der Waals surface area contributed by atoms with Crippen LogP contribution in [0.4, 0.5) is 4.39 Å². The standard InChI is InChI=1S/C14H19FN2O2/c15-11-3-5-13(6-4-11)19-9-1-2-14(18)17-8-7-12(16)10-17/h3-6,12H,1-2,7-10,16H2/t12-/m0/s1. The van der Waals surface area contributed by atoms with Crippen molar-refractivity contribution in [2.24, 2.45) is 5.73 Å². The number of likely N-dealkylation sites (tertiary alicyclic amines) is 1. The Hall–Kier alpha value is -1.62.